The summed E-state index contributed by atoms with van der Waals surface area (Å²) in [6.07, 6.45) is 3.91. The summed E-state index contributed by atoms with van der Waals surface area (Å²) in [6, 6.07) is 10.7. The minimum atomic E-state index is 0.109. The van der Waals surface area contributed by atoms with Crippen molar-refractivity contribution in [2.75, 3.05) is 13.1 Å². The van der Waals surface area contributed by atoms with Crippen molar-refractivity contribution in [2.24, 2.45) is 0 Å². The highest BCUT2D eigenvalue weighted by molar-refractivity contribution is 5.78. The highest BCUT2D eigenvalue weighted by atomic mass is 16.5. The van der Waals surface area contributed by atoms with Gasteiger partial charge in [-0.15, -0.1) is 0 Å². The standard InChI is InChI=1S/C19H22N2O3/c1-14-2-7-18(20-13-14)24-17-8-10-21(11-9-17)19(23)12-15-3-5-16(22)6-4-15/h2-7,13,17,22H,8-12H2,1H3. The van der Waals surface area contributed by atoms with Crippen molar-refractivity contribution in [3.63, 3.8) is 0 Å². The van der Waals surface area contributed by atoms with Crippen LogP contribution >= 0.6 is 0 Å². The number of ether oxygens (including phenoxy) is 1. The Kier molecular flexibility index (Phi) is 4.99. The molecule has 0 bridgehead atoms. The molecule has 1 N–H and O–H groups in total. The van der Waals surface area contributed by atoms with Gasteiger partial charge < -0.3 is 14.7 Å². The minimum absolute atomic E-state index is 0.109. The smallest absolute Gasteiger partial charge is 0.226 e. The zero-order valence-corrected chi connectivity index (χ0v) is 13.8. The largest absolute Gasteiger partial charge is 0.508 e. The van der Waals surface area contributed by atoms with Crippen molar-refractivity contribution in [3.8, 4) is 11.6 Å². The van der Waals surface area contributed by atoms with E-state index in [0.29, 0.717) is 25.4 Å². The van der Waals surface area contributed by atoms with Crippen LogP contribution in [0, 0.1) is 6.92 Å². The molecular weight excluding hydrogens is 304 g/mol. The number of likely N-dealkylation sites (tertiary alicyclic amines) is 1. The van der Waals surface area contributed by atoms with Crippen molar-refractivity contribution >= 4 is 5.91 Å². The van der Waals surface area contributed by atoms with Crippen molar-refractivity contribution in [3.05, 3.63) is 53.7 Å². The summed E-state index contributed by atoms with van der Waals surface area (Å²) in [6.45, 7) is 3.40. The molecule has 2 heterocycles. The molecule has 0 aliphatic carbocycles. The number of aryl methyl sites for hydroxylation is 1. The maximum absolute atomic E-state index is 12.4. The van der Waals surface area contributed by atoms with E-state index in [4.69, 9.17) is 4.74 Å². The van der Waals surface area contributed by atoms with Gasteiger partial charge in [-0.05, 0) is 30.2 Å². The van der Waals surface area contributed by atoms with Gasteiger partial charge in [-0.2, -0.15) is 0 Å². The van der Waals surface area contributed by atoms with E-state index >= 15 is 0 Å². The number of carbonyl (C=O) groups is 1. The summed E-state index contributed by atoms with van der Waals surface area (Å²) in [7, 11) is 0. The molecule has 5 nitrogen and oxygen atoms in total. The van der Waals surface area contributed by atoms with Crippen LogP contribution in [0.25, 0.3) is 0 Å². The maximum atomic E-state index is 12.4. The number of hydrogen-bond acceptors (Lipinski definition) is 4. The Balaban J connectivity index is 1.48. The molecule has 0 unspecified atom stereocenters. The van der Waals surface area contributed by atoms with Gasteiger partial charge in [0.15, 0.2) is 0 Å². The second kappa shape index (κ2) is 7.34. The predicted molar refractivity (Wildman–Crippen MR) is 91.0 cm³/mol. The molecule has 0 radical (unpaired) electrons. The SMILES string of the molecule is Cc1ccc(OC2CCN(C(=O)Cc3ccc(O)cc3)CC2)nc1. The van der Waals surface area contributed by atoms with E-state index in [-0.39, 0.29) is 17.8 Å². The van der Waals surface area contributed by atoms with Gasteiger partial charge >= 0.3 is 0 Å². The number of carbonyl (C=O) groups excluding carboxylic acids is 1. The molecule has 1 aliphatic rings. The number of rotatable bonds is 4. The van der Waals surface area contributed by atoms with Gasteiger partial charge in [0.2, 0.25) is 11.8 Å². The molecule has 5 heteroatoms. The predicted octanol–water partition coefficient (Wildman–Crippen LogP) is 2.71. The molecule has 24 heavy (non-hydrogen) atoms. The zero-order valence-electron chi connectivity index (χ0n) is 13.8. The number of phenolic OH excluding ortho intramolecular Hbond substituents is 1. The Bertz CT molecular complexity index is 675. The van der Waals surface area contributed by atoms with Crippen molar-refractivity contribution in [2.45, 2.75) is 32.3 Å². The van der Waals surface area contributed by atoms with Crippen molar-refractivity contribution < 1.29 is 14.6 Å². The summed E-state index contributed by atoms with van der Waals surface area (Å²) in [4.78, 5) is 18.5. The van der Waals surface area contributed by atoms with Crippen molar-refractivity contribution in [1.82, 2.24) is 9.88 Å². The minimum Gasteiger partial charge on any atom is -0.508 e. The fourth-order valence-corrected chi connectivity index (χ4v) is 2.82. The van der Waals surface area contributed by atoms with Gasteiger partial charge in [0.05, 0.1) is 6.42 Å². The van der Waals surface area contributed by atoms with Crippen molar-refractivity contribution in [1.29, 1.82) is 0 Å². The van der Waals surface area contributed by atoms with E-state index in [1.807, 2.05) is 24.0 Å². The van der Waals surface area contributed by atoms with Gasteiger partial charge in [0.25, 0.3) is 0 Å². The lowest BCUT2D eigenvalue weighted by atomic mass is 10.1. The molecule has 0 saturated carbocycles. The summed E-state index contributed by atoms with van der Waals surface area (Å²) in [5.41, 5.74) is 2.03. The van der Waals surface area contributed by atoms with Crippen LogP contribution in [0.15, 0.2) is 42.6 Å². The number of phenols is 1. The summed E-state index contributed by atoms with van der Waals surface area (Å²) in [5.74, 6) is 0.982. The van der Waals surface area contributed by atoms with Crippen LogP contribution in [0.5, 0.6) is 11.6 Å². The topological polar surface area (TPSA) is 62.7 Å². The van der Waals surface area contributed by atoms with E-state index in [0.717, 1.165) is 24.0 Å². The molecule has 3 rings (SSSR count). The lowest BCUT2D eigenvalue weighted by molar-refractivity contribution is -0.132. The quantitative estimate of drug-likeness (QED) is 0.938. The number of benzene rings is 1. The van der Waals surface area contributed by atoms with Gasteiger partial charge in [0.1, 0.15) is 11.9 Å². The van der Waals surface area contributed by atoms with E-state index in [2.05, 4.69) is 4.98 Å². The molecule has 1 fully saturated rings. The molecular formula is C19H22N2O3. The molecule has 1 amide bonds. The van der Waals surface area contributed by atoms with E-state index in [1.54, 1.807) is 30.5 Å². The number of piperidine rings is 1. The Morgan fingerprint density at radius 1 is 1.21 bits per heavy atom. The normalized spacial score (nSPS) is 15.3. The third kappa shape index (κ3) is 4.25. The van der Waals surface area contributed by atoms with Crippen LogP contribution in [0.3, 0.4) is 0 Å². The average Bonchev–Trinajstić information content (AvgIpc) is 2.59. The van der Waals surface area contributed by atoms with E-state index in [1.165, 1.54) is 0 Å². The first-order chi connectivity index (χ1) is 11.6. The second-order valence-corrected chi connectivity index (χ2v) is 6.22. The van der Waals surface area contributed by atoms with Gasteiger partial charge in [-0.1, -0.05) is 18.2 Å². The van der Waals surface area contributed by atoms with Gasteiger partial charge in [-0.25, -0.2) is 4.98 Å². The van der Waals surface area contributed by atoms with E-state index in [9.17, 15) is 9.90 Å². The maximum Gasteiger partial charge on any atom is 0.226 e. The molecule has 1 aromatic heterocycles. The van der Waals surface area contributed by atoms with Gasteiger partial charge in [0, 0.05) is 38.2 Å². The molecule has 2 aromatic rings. The van der Waals surface area contributed by atoms with Crippen LogP contribution in [0.2, 0.25) is 0 Å². The Hall–Kier alpha value is -2.56. The lowest BCUT2D eigenvalue weighted by Gasteiger charge is -2.32. The lowest BCUT2D eigenvalue weighted by Crippen LogP contribution is -2.42. The number of hydrogen-bond donors (Lipinski definition) is 1. The Morgan fingerprint density at radius 2 is 1.92 bits per heavy atom. The van der Waals surface area contributed by atoms with Crippen LogP contribution in [0.4, 0.5) is 0 Å². The number of aromatic hydroxyl groups is 1. The first kappa shape index (κ1) is 16.3. The Labute approximate surface area is 141 Å². The van der Waals surface area contributed by atoms with Crippen LogP contribution in [-0.4, -0.2) is 40.1 Å². The van der Waals surface area contributed by atoms with Crippen LogP contribution < -0.4 is 4.74 Å². The fraction of sp³-hybridized carbons (Fsp3) is 0.368. The fourth-order valence-electron chi connectivity index (χ4n) is 2.82. The van der Waals surface area contributed by atoms with Crippen LogP contribution in [-0.2, 0) is 11.2 Å². The average molecular weight is 326 g/mol. The Morgan fingerprint density at radius 3 is 2.54 bits per heavy atom. The first-order valence-corrected chi connectivity index (χ1v) is 8.25. The molecule has 0 spiro atoms. The third-order valence-electron chi connectivity index (χ3n) is 4.26. The molecule has 1 saturated heterocycles. The van der Waals surface area contributed by atoms with Gasteiger partial charge in [-0.3, -0.25) is 4.79 Å². The number of amides is 1. The molecule has 1 aromatic carbocycles. The third-order valence-corrected chi connectivity index (χ3v) is 4.26. The summed E-state index contributed by atoms with van der Waals surface area (Å²) in [5, 5.41) is 9.29. The molecule has 1 aliphatic heterocycles. The monoisotopic (exact) mass is 326 g/mol. The van der Waals surface area contributed by atoms with Crippen LogP contribution in [0.1, 0.15) is 24.0 Å². The highest BCUT2D eigenvalue weighted by Gasteiger charge is 2.24. The summed E-state index contributed by atoms with van der Waals surface area (Å²) < 4.78 is 5.89. The number of pyridine rings is 1. The highest BCUT2D eigenvalue weighted by Crippen LogP contribution is 2.18. The number of nitrogens with zero attached hydrogens (tertiary/aromatic N) is 2. The van der Waals surface area contributed by atoms with E-state index < -0.39 is 0 Å². The molecule has 0 atom stereocenters. The second-order valence-electron chi connectivity index (χ2n) is 6.22. The zero-order chi connectivity index (χ0) is 16.9. The number of aromatic nitrogens is 1. The summed E-state index contributed by atoms with van der Waals surface area (Å²) >= 11 is 0. The molecule has 126 valence electrons. The first-order valence-electron chi connectivity index (χ1n) is 8.25.